The van der Waals surface area contributed by atoms with Gasteiger partial charge in [0.25, 0.3) is 0 Å². The van der Waals surface area contributed by atoms with Crippen molar-refractivity contribution in [1.82, 2.24) is 0 Å². The van der Waals surface area contributed by atoms with Crippen molar-refractivity contribution >= 4 is 17.9 Å². The maximum absolute atomic E-state index is 12.7. The van der Waals surface area contributed by atoms with Crippen LogP contribution in [0.2, 0.25) is 0 Å². The van der Waals surface area contributed by atoms with Crippen molar-refractivity contribution in [3.63, 3.8) is 0 Å². The Balaban J connectivity index is 3.17. The van der Waals surface area contributed by atoms with Crippen LogP contribution in [0.3, 0.4) is 0 Å². The van der Waals surface area contributed by atoms with Gasteiger partial charge < -0.3 is 14.2 Å². The first-order chi connectivity index (χ1) is 11.2. The van der Waals surface area contributed by atoms with Crippen LogP contribution in [0.25, 0.3) is 0 Å². The lowest BCUT2D eigenvalue weighted by Gasteiger charge is -2.40. The molecule has 0 aromatic carbocycles. The van der Waals surface area contributed by atoms with Gasteiger partial charge in [0.1, 0.15) is 11.5 Å². The fraction of sp³-hybridized carbons (Fsp3) is 0.722. The molecule has 0 aromatic rings. The van der Waals surface area contributed by atoms with E-state index in [1.165, 1.54) is 0 Å². The van der Waals surface area contributed by atoms with Gasteiger partial charge >= 0.3 is 17.9 Å². The molecule has 0 heterocycles. The second-order valence-electron chi connectivity index (χ2n) is 6.98. The largest absolute Gasteiger partial charge is 0.463 e. The van der Waals surface area contributed by atoms with Gasteiger partial charge in [-0.2, -0.15) is 0 Å². The Bertz CT molecular complexity index is 490. The van der Waals surface area contributed by atoms with Gasteiger partial charge in [-0.25, -0.2) is 9.59 Å². The predicted molar refractivity (Wildman–Crippen MR) is 88.1 cm³/mol. The number of esters is 3. The third kappa shape index (κ3) is 5.08. The minimum absolute atomic E-state index is 0.202. The monoisotopic (exact) mass is 340 g/mol. The van der Waals surface area contributed by atoms with E-state index in [-0.39, 0.29) is 13.0 Å². The van der Waals surface area contributed by atoms with Crippen molar-refractivity contribution in [2.45, 2.75) is 71.0 Å². The minimum Gasteiger partial charge on any atom is -0.463 e. The van der Waals surface area contributed by atoms with Crippen molar-refractivity contribution in [2.75, 3.05) is 6.61 Å². The smallest absolute Gasteiger partial charge is 0.351 e. The zero-order valence-corrected chi connectivity index (χ0v) is 15.1. The average Bonchev–Trinajstić information content (AvgIpc) is 2.50. The Hall–Kier alpha value is -1.85. The van der Waals surface area contributed by atoms with Crippen molar-refractivity contribution in [2.24, 2.45) is 5.92 Å². The van der Waals surface area contributed by atoms with Crippen LogP contribution in [0.4, 0.5) is 0 Å². The highest BCUT2D eigenvalue weighted by Gasteiger charge is 2.56. The summed E-state index contributed by atoms with van der Waals surface area (Å²) in [7, 11) is 0. The van der Waals surface area contributed by atoms with E-state index in [0.29, 0.717) is 19.3 Å². The molecule has 2 unspecified atom stereocenters. The Morgan fingerprint density at radius 3 is 2.46 bits per heavy atom. The van der Waals surface area contributed by atoms with Crippen LogP contribution in [0.1, 0.15) is 59.8 Å². The van der Waals surface area contributed by atoms with Crippen LogP contribution in [0, 0.1) is 5.92 Å². The highest BCUT2D eigenvalue weighted by Crippen LogP contribution is 2.40. The highest BCUT2D eigenvalue weighted by molar-refractivity contribution is 5.92. The molecule has 136 valence electrons. The van der Waals surface area contributed by atoms with Crippen LogP contribution in [0.15, 0.2) is 12.7 Å². The molecule has 6 nitrogen and oxygen atoms in total. The Morgan fingerprint density at radius 2 is 1.92 bits per heavy atom. The molecule has 1 fully saturated rings. The van der Waals surface area contributed by atoms with Crippen molar-refractivity contribution in [3.8, 4) is 0 Å². The molecule has 0 N–H and O–H groups in total. The van der Waals surface area contributed by atoms with E-state index < -0.39 is 35.0 Å². The Kier molecular flexibility index (Phi) is 6.99. The fourth-order valence-electron chi connectivity index (χ4n) is 2.77. The number of carbonyl (C=O) groups is 3. The van der Waals surface area contributed by atoms with Crippen LogP contribution in [-0.4, -0.2) is 35.7 Å². The van der Waals surface area contributed by atoms with Gasteiger partial charge in [-0.3, -0.25) is 4.79 Å². The fourth-order valence-corrected chi connectivity index (χ4v) is 2.77. The summed E-state index contributed by atoms with van der Waals surface area (Å²) in [5.41, 5.74) is -2.34. The van der Waals surface area contributed by atoms with E-state index in [9.17, 15) is 14.4 Å². The molecule has 0 aliphatic heterocycles. The first-order valence-corrected chi connectivity index (χ1v) is 8.41. The quantitative estimate of drug-likeness (QED) is 0.420. The van der Waals surface area contributed by atoms with Crippen LogP contribution < -0.4 is 0 Å². The zero-order chi connectivity index (χ0) is 18.4. The van der Waals surface area contributed by atoms with Gasteiger partial charge in [0.2, 0.25) is 5.60 Å². The topological polar surface area (TPSA) is 78.9 Å². The summed E-state index contributed by atoms with van der Waals surface area (Å²) in [4.78, 5) is 37.1. The first kappa shape index (κ1) is 20.2. The molecule has 0 bridgehead atoms. The normalized spacial score (nSPS) is 23.9. The predicted octanol–water partition coefficient (Wildman–Crippen LogP) is 2.94. The summed E-state index contributed by atoms with van der Waals surface area (Å²) in [5, 5.41) is 0. The van der Waals surface area contributed by atoms with Gasteiger partial charge in [0.05, 0.1) is 6.61 Å². The summed E-state index contributed by atoms with van der Waals surface area (Å²) >= 11 is 0. The van der Waals surface area contributed by atoms with Gasteiger partial charge in [0.15, 0.2) is 0 Å². The molecule has 24 heavy (non-hydrogen) atoms. The standard InChI is InChI=1S/C18H28O6/c1-6-12-22-16(21)18(23-14(19)7-2)11-9-8-10-13(18)15(20)24-17(3,4)5/h7,13H,2,6,8-12H2,1,3-5H3. The molecule has 1 saturated carbocycles. The molecule has 0 saturated heterocycles. The Labute approximate surface area is 143 Å². The van der Waals surface area contributed by atoms with Gasteiger partial charge in [-0.1, -0.05) is 19.9 Å². The van der Waals surface area contributed by atoms with Gasteiger partial charge in [-0.05, 0) is 46.5 Å². The molecular formula is C18H28O6. The molecule has 1 aliphatic rings. The molecule has 1 aliphatic carbocycles. The zero-order valence-electron chi connectivity index (χ0n) is 15.1. The number of ether oxygens (including phenoxy) is 3. The molecular weight excluding hydrogens is 312 g/mol. The summed E-state index contributed by atoms with van der Waals surface area (Å²) in [5.74, 6) is -2.86. The van der Waals surface area contributed by atoms with E-state index in [1.54, 1.807) is 20.8 Å². The number of hydrogen-bond donors (Lipinski definition) is 0. The molecule has 0 spiro atoms. The van der Waals surface area contributed by atoms with Crippen LogP contribution in [-0.2, 0) is 28.6 Å². The van der Waals surface area contributed by atoms with Crippen molar-refractivity contribution < 1.29 is 28.6 Å². The van der Waals surface area contributed by atoms with Gasteiger partial charge in [-0.15, -0.1) is 0 Å². The molecule has 0 amide bonds. The third-order valence-corrected chi connectivity index (χ3v) is 3.78. The second kappa shape index (κ2) is 8.31. The lowest BCUT2D eigenvalue weighted by Crippen LogP contribution is -2.55. The summed E-state index contributed by atoms with van der Waals surface area (Å²) in [6.07, 6.45) is 3.66. The second-order valence-corrected chi connectivity index (χ2v) is 6.98. The number of hydrogen-bond acceptors (Lipinski definition) is 6. The summed E-state index contributed by atoms with van der Waals surface area (Å²) in [6.45, 7) is 10.7. The van der Waals surface area contributed by atoms with E-state index in [2.05, 4.69) is 6.58 Å². The van der Waals surface area contributed by atoms with Crippen LogP contribution in [0.5, 0.6) is 0 Å². The number of carbonyl (C=O) groups excluding carboxylic acids is 3. The molecule has 2 atom stereocenters. The third-order valence-electron chi connectivity index (χ3n) is 3.78. The van der Waals surface area contributed by atoms with E-state index in [0.717, 1.165) is 12.5 Å². The summed E-state index contributed by atoms with van der Waals surface area (Å²) in [6, 6.07) is 0. The summed E-state index contributed by atoms with van der Waals surface area (Å²) < 4.78 is 16.1. The maximum atomic E-state index is 12.7. The Morgan fingerprint density at radius 1 is 1.25 bits per heavy atom. The molecule has 0 aromatic heterocycles. The lowest BCUT2D eigenvalue weighted by atomic mass is 9.74. The maximum Gasteiger partial charge on any atom is 0.351 e. The minimum atomic E-state index is -1.64. The first-order valence-electron chi connectivity index (χ1n) is 8.41. The lowest BCUT2D eigenvalue weighted by molar-refractivity contribution is -0.201. The molecule has 1 rings (SSSR count). The number of rotatable bonds is 6. The highest BCUT2D eigenvalue weighted by atomic mass is 16.6. The molecule has 6 heteroatoms. The van der Waals surface area contributed by atoms with Gasteiger partial charge in [0, 0.05) is 6.08 Å². The van der Waals surface area contributed by atoms with Crippen LogP contribution >= 0.6 is 0 Å². The van der Waals surface area contributed by atoms with Crippen molar-refractivity contribution in [1.29, 1.82) is 0 Å². The SMILES string of the molecule is C=CC(=O)OC1(C(=O)OCCC)CCCCC1C(=O)OC(C)(C)C. The average molecular weight is 340 g/mol. The van der Waals surface area contributed by atoms with E-state index in [1.807, 2.05) is 6.92 Å². The van der Waals surface area contributed by atoms with Crippen molar-refractivity contribution in [3.05, 3.63) is 12.7 Å². The molecule has 0 radical (unpaired) electrons. The van der Waals surface area contributed by atoms with E-state index >= 15 is 0 Å². The van der Waals surface area contributed by atoms with E-state index in [4.69, 9.17) is 14.2 Å².